The van der Waals surface area contributed by atoms with Crippen molar-refractivity contribution in [3.8, 4) is 0 Å². The van der Waals surface area contributed by atoms with E-state index >= 15 is 0 Å². The maximum atomic E-state index is 10.9. The highest BCUT2D eigenvalue weighted by atomic mass is 16.5. The molecule has 0 aliphatic carbocycles. The van der Waals surface area contributed by atoms with Crippen LogP contribution in [0.15, 0.2) is 17.3 Å². The number of allylic oxidation sites excluding steroid dienone is 1. The molecule has 0 atom stereocenters. The van der Waals surface area contributed by atoms with Crippen LogP contribution in [0.2, 0.25) is 0 Å². The number of methoxy groups -OCH3 is 1. The Balaban J connectivity index is 3.10. The van der Waals surface area contributed by atoms with E-state index in [2.05, 4.69) is 20.8 Å². The maximum absolute atomic E-state index is 10.9. The molecule has 0 unspecified atom stereocenters. The number of hydrogen-bond donors (Lipinski definition) is 0. The lowest BCUT2D eigenvalue weighted by atomic mass is 10.1. The third kappa shape index (κ3) is 16.6. The first-order chi connectivity index (χ1) is 10.8. The van der Waals surface area contributed by atoms with Gasteiger partial charge in [0.15, 0.2) is 0 Å². The molecule has 0 saturated carbocycles. The van der Waals surface area contributed by atoms with Crippen molar-refractivity contribution < 1.29 is 9.53 Å². The lowest BCUT2D eigenvalue weighted by Crippen LogP contribution is -1.99. The van der Waals surface area contributed by atoms with Gasteiger partial charge in [-0.2, -0.15) is 0 Å². The highest BCUT2D eigenvalue weighted by Crippen LogP contribution is 2.12. The predicted octanol–water partition coefficient (Wildman–Crippen LogP) is 5.71. The molecule has 0 aromatic rings. The van der Waals surface area contributed by atoms with E-state index in [1.54, 1.807) is 0 Å². The summed E-state index contributed by atoms with van der Waals surface area (Å²) < 4.78 is 4.61. The second kappa shape index (κ2) is 17.6. The van der Waals surface area contributed by atoms with E-state index in [0.29, 0.717) is 13.0 Å². The average molecular weight is 309 g/mol. The molecular weight excluding hydrogens is 278 g/mol. The topological polar surface area (TPSA) is 75.1 Å². The number of carbonyl (C=O) groups is 1. The van der Waals surface area contributed by atoms with Crippen molar-refractivity contribution >= 4 is 5.97 Å². The van der Waals surface area contributed by atoms with E-state index in [0.717, 1.165) is 19.3 Å². The molecule has 5 nitrogen and oxygen atoms in total. The molecule has 126 valence electrons. The first-order valence-electron chi connectivity index (χ1n) is 8.54. The third-order valence-corrected chi connectivity index (χ3v) is 3.65. The summed E-state index contributed by atoms with van der Waals surface area (Å²) in [6.07, 6.45) is 18.1. The molecule has 0 rings (SSSR count). The van der Waals surface area contributed by atoms with Crippen LogP contribution in [0.25, 0.3) is 10.4 Å². The number of rotatable bonds is 15. The van der Waals surface area contributed by atoms with Gasteiger partial charge >= 0.3 is 5.97 Å². The minimum atomic E-state index is -0.0902. The molecule has 0 fully saturated rings. The summed E-state index contributed by atoms with van der Waals surface area (Å²) in [5.74, 6) is -0.0902. The Kier molecular flexibility index (Phi) is 16.4. The van der Waals surface area contributed by atoms with Gasteiger partial charge in [-0.1, -0.05) is 68.6 Å². The molecule has 0 aliphatic heterocycles. The van der Waals surface area contributed by atoms with Crippen LogP contribution in [0.1, 0.15) is 77.0 Å². The molecule has 22 heavy (non-hydrogen) atoms. The minimum absolute atomic E-state index is 0.0902. The van der Waals surface area contributed by atoms with E-state index in [9.17, 15) is 4.79 Å². The Bertz CT molecular complexity index is 337. The summed E-state index contributed by atoms with van der Waals surface area (Å²) in [6.45, 7) is 0.468. The van der Waals surface area contributed by atoms with Crippen LogP contribution in [-0.4, -0.2) is 19.6 Å². The molecule has 0 spiro atoms. The number of nitrogens with zero attached hydrogens (tertiary/aromatic N) is 3. The number of ether oxygens (including phenoxy) is 1. The highest BCUT2D eigenvalue weighted by Gasteiger charge is 1.99. The number of carbonyl (C=O) groups excluding carboxylic acids is 1. The zero-order chi connectivity index (χ0) is 16.3. The predicted molar refractivity (Wildman–Crippen MR) is 90.6 cm³/mol. The van der Waals surface area contributed by atoms with Crippen LogP contribution in [0.5, 0.6) is 0 Å². The third-order valence-electron chi connectivity index (χ3n) is 3.65. The maximum Gasteiger partial charge on any atom is 0.305 e. The summed E-state index contributed by atoms with van der Waals surface area (Å²) in [5.41, 5.74) is 8.11. The second-order valence-electron chi connectivity index (χ2n) is 5.54. The molecular formula is C17H31N3O2. The summed E-state index contributed by atoms with van der Waals surface area (Å²) in [5, 5.41) is 3.45. The van der Waals surface area contributed by atoms with Gasteiger partial charge in [0.25, 0.3) is 0 Å². The van der Waals surface area contributed by atoms with Crippen molar-refractivity contribution in [2.24, 2.45) is 5.11 Å². The van der Waals surface area contributed by atoms with Gasteiger partial charge < -0.3 is 4.74 Å². The van der Waals surface area contributed by atoms with Crippen LogP contribution >= 0.6 is 0 Å². The van der Waals surface area contributed by atoms with Crippen molar-refractivity contribution in [3.63, 3.8) is 0 Å². The van der Waals surface area contributed by atoms with E-state index in [1.807, 2.05) is 6.08 Å². The van der Waals surface area contributed by atoms with E-state index < -0.39 is 0 Å². The van der Waals surface area contributed by atoms with Gasteiger partial charge in [-0.15, -0.1) is 0 Å². The van der Waals surface area contributed by atoms with Crippen LogP contribution in [0, 0.1) is 0 Å². The number of hydrogen-bond acceptors (Lipinski definition) is 3. The smallest absolute Gasteiger partial charge is 0.305 e. The Morgan fingerprint density at radius 1 is 0.955 bits per heavy atom. The molecule has 0 bridgehead atoms. The summed E-state index contributed by atoms with van der Waals surface area (Å²) in [7, 11) is 1.45. The summed E-state index contributed by atoms with van der Waals surface area (Å²) in [6, 6.07) is 0. The fourth-order valence-corrected chi connectivity index (χ4v) is 2.32. The van der Waals surface area contributed by atoms with Gasteiger partial charge in [-0.25, -0.2) is 0 Å². The van der Waals surface area contributed by atoms with Crippen molar-refractivity contribution in [2.45, 2.75) is 77.0 Å². The van der Waals surface area contributed by atoms with Crippen molar-refractivity contribution in [1.29, 1.82) is 0 Å². The van der Waals surface area contributed by atoms with Gasteiger partial charge in [0.2, 0.25) is 0 Å². The minimum Gasteiger partial charge on any atom is -0.469 e. The van der Waals surface area contributed by atoms with Gasteiger partial charge in [0.05, 0.1) is 7.11 Å². The quantitative estimate of drug-likeness (QED) is 0.0970. The normalized spacial score (nSPS) is 10.6. The Morgan fingerprint density at radius 3 is 2.05 bits per heavy atom. The van der Waals surface area contributed by atoms with E-state index in [-0.39, 0.29) is 5.97 Å². The lowest BCUT2D eigenvalue weighted by Gasteiger charge is -2.02. The largest absolute Gasteiger partial charge is 0.469 e. The van der Waals surface area contributed by atoms with Crippen molar-refractivity contribution in [2.75, 3.05) is 13.7 Å². The fourth-order valence-electron chi connectivity index (χ4n) is 2.32. The molecule has 0 aromatic heterocycles. The van der Waals surface area contributed by atoms with Crippen LogP contribution in [0.4, 0.5) is 0 Å². The standard InChI is InChI=1S/C17H31N3O2/c1-22-17(21)15-13-11-9-7-5-3-2-4-6-8-10-12-14-16-19-20-18/h12,14H,2-11,13,15-16H2,1H3. The van der Waals surface area contributed by atoms with Crippen molar-refractivity contribution in [3.05, 3.63) is 22.6 Å². The molecule has 0 N–H and O–H groups in total. The Hall–Kier alpha value is -1.48. The molecule has 5 heteroatoms. The SMILES string of the molecule is COC(=O)CCCCCCCCCCCCC=CCN=[N+]=[N-]. The highest BCUT2D eigenvalue weighted by molar-refractivity contribution is 5.68. The zero-order valence-corrected chi connectivity index (χ0v) is 14.0. The first-order valence-corrected chi connectivity index (χ1v) is 8.54. The first kappa shape index (κ1) is 20.5. The van der Waals surface area contributed by atoms with E-state index in [4.69, 9.17) is 5.53 Å². The zero-order valence-electron chi connectivity index (χ0n) is 14.0. The van der Waals surface area contributed by atoms with Gasteiger partial charge in [0, 0.05) is 17.9 Å². The molecule has 0 saturated heterocycles. The monoisotopic (exact) mass is 309 g/mol. The second-order valence-corrected chi connectivity index (χ2v) is 5.54. The molecule has 0 radical (unpaired) electrons. The van der Waals surface area contributed by atoms with Gasteiger partial charge in [-0.3, -0.25) is 4.79 Å². The fraction of sp³-hybridized carbons (Fsp3) is 0.824. The Labute approximate surface area is 134 Å². The van der Waals surface area contributed by atoms with Crippen LogP contribution < -0.4 is 0 Å². The number of esters is 1. The average Bonchev–Trinajstić information content (AvgIpc) is 2.54. The summed E-state index contributed by atoms with van der Waals surface area (Å²) in [4.78, 5) is 13.6. The van der Waals surface area contributed by atoms with Gasteiger partial charge in [-0.05, 0) is 24.8 Å². The molecule has 0 amide bonds. The lowest BCUT2D eigenvalue weighted by molar-refractivity contribution is -0.140. The van der Waals surface area contributed by atoms with Crippen LogP contribution in [0.3, 0.4) is 0 Å². The van der Waals surface area contributed by atoms with E-state index in [1.165, 1.54) is 58.5 Å². The molecule has 0 heterocycles. The number of unbranched alkanes of at least 4 members (excludes halogenated alkanes) is 10. The molecule has 0 aromatic carbocycles. The van der Waals surface area contributed by atoms with Gasteiger partial charge in [0.1, 0.15) is 0 Å². The summed E-state index contributed by atoms with van der Waals surface area (Å²) >= 11 is 0. The molecule has 0 aliphatic rings. The van der Waals surface area contributed by atoms with Crippen molar-refractivity contribution in [1.82, 2.24) is 0 Å². The Morgan fingerprint density at radius 2 is 1.50 bits per heavy atom. The number of azide groups is 1. The van der Waals surface area contributed by atoms with Crippen LogP contribution in [-0.2, 0) is 9.53 Å².